The summed E-state index contributed by atoms with van der Waals surface area (Å²) < 4.78 is 3.08. The van der Waals surface area contributed by atoms with Gasteiger partial charge in [0.2, 0.25) is 0 Å². The first kappa shape index (κ1) is 13.3. The van der Waals surface area contributed by atoms with Crippen molar-refractivity contribution in [1.29, 1.82) is 0 Å². The van der Waals surface area contributed by atoms with Gasteiger partial charge in [0.1, 0.15) is 10.4 Å². The first-order chi connectivity index (χ1) is 8.63. The molecule has 0 aliphatic heterocycles. The first-order valence-corrected chi connectivity index (χ1v) is 6.85. The van der Waals surface area contributed by atoms with Crippen molar-refractivity contribution in [3.8, 4) is 11.3 Å². The number of nitrogens with zero attached hydrogens (tertiary/aromatic N) is 2. The van der Waals surface area contributed by atoms with Gasteiger partial charge in [-0.15, -0.1) is 0 Å². The Balaban J connectivity index is 2.38. The number of hydrogen-bond donors (Lipinski definition) is 1. The van der Waals surface area contributed by atoms with Crippen LogP contribution < -0.4 is 5.32 Å². The van der Waals surface area contributed by atoms with Crippen molar-refractivity contribution in [1.82, 2.24) is 14.9 Å². The molecule has 0 atom stereocenters. The third-order valence-electron chi connectivity index (χ3n) is 3.07. The highest BCUT2D eigenvalue weighted by Crippen LogP contribution is 2.28. The summed E-state index contributed by atoms with van der Waals surface area (Å²) in [6.45, 7) is 3.03. The van der Waals surface area contributed by atoms with Crippen molar-refractivity contribution >= 4 is 15.9 Å². The van der Waals surface area contributed by atoms with Crippen molar-refractivity contribution in [3.05, 3.63) is 40.3 Å². The van der Waals surface area contributed by atoms with Gasteiger partial charge in [0.15, 0.2) is 0 Å². The normalized spacial score (nSPS) is 10.9. The van der Waals surface area contributed by atoms with Crippen molar-refractivity contribution in [2.45, 2.75) is 13.3 Å². The SMILES string of the molecule is CNCCc1nc(Br)c(-c2ccc(C)cc2)n1C. The molecule has 3 nitrogen and oxygen atoms in total. The third kappa shape index (κ3) is 2.65. The van der Waals surface area contributed by atoms with E-state index in [2.05, 4.69) is 69.0 Å². The van der Waals surface area contributed by atoms with Gasteiger partial charge in [0, 0.05) is 25.6 Å². The molecule has 0 saturated carbocycles. The summed E-state index contributed by atoms with van der Waals surface area (Å²) in [4.78, 5) is 4.59. The van der Waals surface area contributed by atoms with Gasteiger partial charge in [-0.1, -0.05) is 29.8 Å². The highest BCUT2D eigenvalue weighted by molar-refractivity contribution is 9.10. The minimum atomic E-state index is 0.917. The van der Waals surface area contributed by atoms with Crippen LogP contribution in [0.4, 0.5) is 0 Å². The van der Waals surface area contributed by atoms with Gasteiger partial charge < -0.3 is 9.88 Å². The van der Waals surface area contributed by atoms with Crippen molar-refractivity contribution in [2.24, 2.45) is 7.05 Å². The molecule has 0 saturated heterocycles. The molecule has 2 aromatic rings. The summed E-state index contributed by atoms with van der Waals surface area (Å²) in [7, 11) is 4.02. The molecule has 1 aromatic carbocycles. The Bertz CT molecular complexity index is 529. The van der Waals surface area contributed by atoms with E-state index >= 15 is 0 Å². The summed E-state index contributed by atoms with van der Waals surface area (Å²) >= 11 is 3.56. The number of nitrogens with one attached hydrogen (secondary N) is 1. The smallest absolute Gasteiger partial charge is 0.132 e. The second-order valence-corrected chi connectivity index (χ2v) is 5.20. The summed E-state index contributed by atoms with van der Waals surface area (Å²) in [5.41, 5.74) is 3.60. The van der Waals surface area contributed by atoms with E-state index in [-0.39, 0.29) is 0 Å². The monoisotopic (exact) mass is 307 g/mol. The van der Waals surface area contributed by atoms with E-state index in [0.717, 1.165) is 29.1 Å². The van der Waals surface area contributed by atoms with Crippen LogP contribution in [-0.4, -0.2) is 23.1 Å². The van der Waals surface area contributed by atoms with Crippen LogP contribution in [0.2, 0.25) is 0 Å². The molecule has 0 spiro atoms. The Morgan fingerprint density at radius 1 is 1.28 bits per heavy atom. The van der Waals surface area contributed by atoms with E-state index in [9.17, 15) is 0 Å². The van der Waals surface area contributed by atoms with Crippen LogP contribution in [0, 0.1) is 6.92 Å². The van der Waals surface area contributed by atoms with Crippen LogP contribution in [0.5, 0.6) is 0 Å². The molecular formula is C14H18BrN3. The topological polar surface area (TPSA) is 29.9 Å². The van der Waals surface area contributed by atoms with Crippen molar-refractivity contribution < 1.29 is 0 Å². The lowest BCUT2D eigenvalue weighted by atomic mass is 10.1. The van der Waals surface area contributed by atoms with E-state index in [4.69, 9.17) is 0 Å². The summed E-state index contributed by atoms with van der Waals surface area (Å²) in [5.74, 6) is 1.09. The Morgan fingerprint density at radius 3 is 2.56 bits per heavy atom. The maximum Gasteiger partial charge on any atom is 0.132 e. The molecule has 4 heteroatoms. The molecule has 0 bridgehead atoms. The number of hydrogen-bond acceptors (Lipinski definition) is 2. The van der Waals surface area contributed by atoms with Gasteiger partial charge in [-0.3, -0.25) is 0 Å². The van der Waals surface area contributed by atoms with Crippen molar-refractivity contribution in [3.63, 3.8) is 0 Å². The van der Waals surface area contributed by atoms with Gasteiger partial charge in [-0.2, -0.15) is 0 Å². The molecule has 0 unspecified atom stereocenters. The highest BCUT2D eigenvalue weighted by Gasteiger charge is 2.13. The van der Waals surface area contributed by atoms with Gasteiger partial charge in [0.25, 0.3) is 0 Å². The van der Waals surface area contributed by atoms with Crippen LogP contribution >= 0.6 is 15.9 Å². The fourth-order valence-electron chi connectivity index (χ4n) is 1.99. The Morgan fingerprint density at radius 2 is 1.94 bits per heavy atom. The highest BCUT2D eigenvalue weighted by atomic mass is 79.9. The Labute approximate surface area is 116 Å². The fourth-order valence-corrected chi connectivity index (χ4v) is 2.69. The molecule has 0 aliphatic rings. The predicted molar refractivity (Wildman–Crippen MR) is 78.7 cm³/mol. The van der Waals surface area contributed by atoms with Gasteiger partial charge in [-0.05, 0) is 29.9 Å². The van der Waals surface area contributed by atoms with Crippen LogP contribution in [0.15, 0.2) is 28.9 Å². The second-order valence-electron chi connectivity index (χ2n) is 4.45. The fraction of sp³-hybridized carbons (Fsp3) is 0.357. The average molecular weight is 308 g/mol. The number of aryl methyl sites for hydroxylation is 1. The number of aromatic nitrogens is 2. The first-order valence-electron chi connectivity index (χ1n) is 6.06. The summed E-state index contributed by atoms with van der Waals surface area (Å²) in [6, 6.07) is 8.53. The largest absolute Gasteiger partial charge is 0.330 e. The molecule has 0 fully saturated rings. The lowest BCUT2D eigenvalue weighted by Crippen LogP contribution is -2.13. The lowest BCUT2D eigenvalue weighted by Gasteiger charge is -2.06. The number of imidazole rings is 1. The van der Waals surface area contributed by atoms with E-state index in [0.29, 0.717) is 0 Å². The standard InChI is InChI=1S/C14H18BrN3/c1-10-4-6-11(7-5-10)13-14(15)17-12(18(13)3)8-9-16-2/h4-7,16H,8-9H2,1-3H3. The molecule has 0 aliphatic carbocycles. The zero-order valence-electron chi connectivity index (χ0n) is 11.0. The van der Waals surface area contributed by atoms with E-state index in [1.807, 2.05) is 7.05 Å². The quantitative estimate of drug-likeness (QED) is 0.941. The van der Waals surface area contributed by atoms with Crippen LogP contribution in [-0.2, 0) is 13.5 Å². The van der Waals surface area contributed by atoms with Crippen LogP contribution in [0.1, 0.15) is 11.4 Å². The molecular weight excluding hydrogens is 290 g/mol. The average Bonchev–Trinajstić information content (AvgIpc) is 2.63. The Kier molecular flexibility index (Phi) is 4.19. The zero-order chi connectivity index (χ0) is 13.1. The number of benzene rings is 1. The maximum atomic E-state index is 4.59. The second kappa shape index (κ2) is 5.67. The summed E-state index contributed by atoms with van der Waals surface area (Å²) in [6.07, 6.45) is 0.928. The molecule has 18 heavy (non-hydrogen) atoms. The minimum absolute atomic E-state index is 0.917. The predicted octanol–water partition coefficient (Wildman–Crippen LogP) is 2.92. The molecule has 1 N–H and O–H groups in total. The molecule has 2 rings (SSSR count). The molecule has 1 heterocycles. The zero-order valence-corrected chi connectivity index (χ0v) is 12.6. The number of likely N-dealkylation sites (N-methyl/N-ethyl adjacent to an activating group) is 1. The van der Waals surface area contributed by atoms with Gasteiger partial charge in [0.05, 0.1) is 5.69 Å². The van der Waals surface area contributed by atoms with E-state index in [1.165, 1.54) is 11.1 Å². The number of rotatable bonds is 4. The van der Waals surface area contributed by atoms with Gasteiger partial charge >= 0.3 is 0 Å². The minimum Gasteiger partial charge on any atom is -0.330 e. The van der Waals surface area contributed by atoms with E-state index in [1.54, 1.807) is 0 Å². The van der Waals surface area contributed by atoms with Crippen LogP contribution in [0.25, 0.3) is 11.3 Å². The van der Waals surface area contributed by atoms with E-state index < -0.39 is 0 Å². The molecule has 0 radical (unpaired) electrons. The van der Waals surface area contributed by atoms with Gasteiger partial charge in [-0.25, -0.2) is 4.98 Å². The number of halogens is 1. The molecule has 1 aromatic heterocycles. The van der Waals surface area contributed by atoms with Crippen molar-refractivity contribution in [2.75, 3.05) is 13.6 Å². The molecule has 96 valence electrons. The molecule has 0 amide bonds. The summed E-state index contributed by atoms with van der Waals surface area (Å²) in [5, 5.41) is 3.15. The Hall–Kier alpha value is -1.13. The maximum absolute atomic E-state index is 4.59. The lowest BCUT2D eigenvalue weighted by molar-refractivity contribution is 0.720. The van der Waals surface area contributed by atoms with Crippen LogP contribution in [0.3, 0.4) is 0 Å². The third-order valence-corrected chi connectivity index (χ3v) is 3.62.